The number of nitrogens with one attached hydrogen (secondary N) is 1. The number of hydrogen-bond acceptors (Lipinski definition) is 18. The van der Waals surface area contributed by atoms with Crippen molar-refractivity contribution in [2.75, 3.05) is 134 Å². The molecule has 8 rings (SSSR count). The zero-order chi connectivity index (χ0) is 65.6. The average molecular weight is 1290 g/mol. The number of carbonyl (C=O) groups excluding carboxylic acids is 5. The van der Waals surface area contributed by atoms with Gasteiger partial charge in [-0.2, -0.15) is 13.2 Å². The van der Waals surface area contributed by atoms with Crippen LogP contribution in [-0.2, 0) is 55.5 Å². The maximum atomic E-state index is 16.2. The van der Waals surface area contributed by atoms with Crippen LogP contribution < -0.4 is 15.1 Å². The van der Waals surface area contributed by atoms with E-state index in [1.807, 2.05) is 88.2 Å². The number of likely N-dealkylation sites (tertiary alicyclic amines) is 1. The van der Waals surface area contributed by atoms with Crippen molar-refractivity contribution >= 4 is 57.9 Å². The van der Waals surface area contributed by atoms with Crippen molar-refractivity contribution in [1.29, 1.82) is 0 Å². The molecule has 20 nitrogen and oxygen atoms in total. The van der Waals surface area contributed by atoms with Crippen LogP contribution in [0.5, 0.6) is 0 Å². The molecule has 0 bridgehead atoms. The maximum absolute atomic E-state index is 16.2. The molecule has 3 fully saturated rings. The molecule has 3 saturated heterocycles. The molecule has 3 aromatic carbocycles. The molecular weight excluding hydrogens is 1210 g/mol. The highest BCUT2D eigenvalue weighted by molar-refractivity contribution is 7.13. The average Bonchev–Trinajstić information content (AvgIpc) is 1.26. The number of anilines is 3. The minimum Gasteiger partial charge on any atom is -0.391 e. The minimum absolute atomic E-state index is 0.0137. The fourth-order valence-electron chi connectivity index (χ4n) is 11.3. The number of aryl methyl sites for hydroxylation is 2. The summed E-state index contributed by atoms with van der Waals surface area (Å²) in [6, 6.07) is 11.7. The second-order valence-electron chi connectivity index (χ2n) is 24.3. The van der Waals surface area contributed by atoms with Crippen LogP contribution in [0.4, 0.5) is 39.3 Å². The number of β-amino-alcohol motifs (C(OH)–C–C–N with tert-alkyl or cyclic N) is 1. The second-order valence-corrected chi connectivity index (χ2v) is 25.2. The smallest absolute Gasteiger partial charge is 0.391 e. The normalized spacial score (nSPS) is 18.6. The number of Topliss-reactive ketones (excluding diaryl/α,β-unsaturated/α-hetero) is 2. The van der Waals surface area contributed by atoms with Gasteiger partial charge in [-0.25, -0.2) is 23.7 Å². The number of alkyl halides is 3. The third kappa shape index (κ3) is 19.1. The Hall–Kier alpha value is -6.91. The number of aromatic nitrogens is 3. The van der Waals surface area contributed by atoms with Crippen LogP contribution in [0.15, 0.2) is 72.5 Å². The Morgan fingerprint density at radius 2 is 1.35 bits per heavy atom. The number of amides is 3. The van der Waals surface area contributed by atoms with Gasteiger partial charge < -0.3 is 53.7 Å². The van der Waals surface area contributed by atoms with Crippen LogP contribution in [-0.4, -0.2) is 207 Å². The lowest BCUT2D eigenvalue weighted by Gasteiger charge is -2.44. The van der Waals surface area contributed by atoms with Gasteiger partial charge >= 0.3 is 6.18 Å². The number of rotatable bonds is 29. The molecule has 0 unspecified atom stereocenters. The van der Waals surface area contributed by atoms with Gasteiger partial charge in [0.1, 0.15) is 24.8 Å². The molecule has 5 aromatic rings. The Kier molecular flexibility index (Phi) is 24.7. The monoisotopic (exact) mass is 1290 g/mol. The van der Waals surface area contributed by atoms with Crippen LogP contribution in [0.25, 0.3) is 21.6 Å². The second kappa shape index (κ2) is 32.1. The van der Waals surface area contributed by atoms with Gasteiger partial charge in [0.25, 0.3) is 5.91 Å². The summed E-state index contributed by atoms with van der Waals surface area (Å²) in [6.45, 7) is 15.6. The van der Waals surface area contributed by atoms with Crippen LogP contribution in [0.1, 0.15) is 81.1 Å². The lowest BCUT2D eigenvalue weighted by Crippen LogP contribution is -2.55. The standard InChI is InChI=1S/C65H82F5N9O11S/c1-41-35-78(36-42(2)75(41)7)56-32-54(67)51(31-55(56)74-61(84)50-14-13-47(66)28-52(50)65(68,69)70)46-33-71-63(72-34-46)77-18-16-76(17-19-77)59(83)39-90-27-25-88-23-21-86-20-22-87-24-26-89-38-49(81)29-53(64(4,5)6)62(85)79-37-48(80)30-57(79)58(82)15-10-44-8-11-45(12-9-44)60-43(3)73-40-91-60/h8-9,11-14,28,31-34,40-42,48,53,57,80H,10,15-27,29-30,35-39H2,1-7H3,(H,74,84)/t41-,42+,48-,53-,57+/m1/s1. The maximum Gasteiger partial charge on any atom is 0.417 e. The fraction of sp³-hybridized carbons (Fsp3) is 0.538. The molecule has 91 heavy (non-hydrogen) atoms. The van der Waals surface area contributed by atoms with Gasteiger partial charge in [-0.05, 0) is 81.1 Å². The summed E-state index contributed by atoms with van der Waals surface area (Å²) in [4.78, 5) is 90.7. The van der Waals surface area contributed by atoms with Gasteiger partial charge in [0, 0.05) is 107 Å². The third-order valence-electron chi connectivity index (χ3n) is 16.7. The zero-order valence-electron chi connectivity index (χ0n) is 52.6. The van der Waals surface area contributed by atoms with E-state index in [2.05, 4.69) is 25.2 Å². The van der Waals surface area contributed by atoms with E-state index >= 15 is 4.39 Å². The highest BCUT2D eigenvalue weighted by atomic mass is 32.1. The van der Waals surface area contributed by atoms with E-state index in [-0.39, 0.29) is 143 Å². The van der Waals surface area contributed by atoms with Crippen molar-refractivity contribution in [2.24, 2.45) is 11.3 Å². The van der Waals surface area contributed by atoms with Crippen LogP contribution in [0, 0.1) is 29.9 Å². The Morgan fingerprint density at radius 3 is 1.93 bits per heavy atom. The molecule has 3 aliphatic rings. The molecule has 26 heteroatoms. The molecule has 5 atom stereocenters. The van der Waals surface area contributed by atoms with E-state index in [0.29, 0.717) is 64.9 Å². The molecular formula is C65H82F5N9O11S. The number of aliphatic hydroxyl groups excluding tert-OH is 1. The van der Waals surface area contributed by atoms with Crippen molar-refractivity contribution in [1.82, 2.24) is 29.7 Å². The molecule has 2 aromatic heterocycles. The first-order valence-electron chi connectivity index (χ1n) is 30.6. The van der Waals surface area contributed by atoms with E-state index in [4.69, 9.17) is 23.7 Å². The Bertz CT molecular complexity index is 3260. The lowest BCUT2D eigenvalue weighted by atomic mass is 9.76. The predicted octanol–water partition coefficient (Wildman–Crippen LogP) is 8.17. The molecule has 5 heterocycles. The molecule has 494 valence electrons. The summed E-state index contributed by atoms with van der Waals surface area (Å²) in [5, 5.41) is 13.2. The Balaban J connectivity index is 0.676. The van der Waals surface area contributed by atoms with Gasteiger partial charge in [-0.3, -0.25) is 28.9 Å². The molecule has 3 amide bonds. The lowest BCUT2D eigenvalue weighted by molar-refractivity contribution is -0.146. The molecule has 0 aliphatic carbocycles. The largest absolute Gasteiger partial charge is 0.417 e. The van der Waals surface area contributed by atoms with Crippen molar-refractivity contribution in [2.45, 2.75) is 97.6 Å². The van der Waals surface area contributed by atoms with Gasteiger partial charge in [0.15, 0.2) is 11.6 Å². The molecule has 2 N–H and O–H groups in total. The number of hydrogen-bond donors (Lipinski definition) is 2. The first-order valence-corrected chi connectivity index (χ1v) is 31.5. The number of carbonyl (C=O) groups is 5. The first kappa shape index (κ1) is 70.0. The highest BCUT2D eigenvalue weighted by Crippen LogP contribution is 2.39. The van der Waals surface area contributed by atoms with Gasteiger partial charge in [-0.15, -0.1) is 11.3 Å². The van der Waals surface area contributed by atoms with Crippen molar-refractivity contribution < 1.29 is 74.7 Å². The summed E-state index contributed by atoms with van der Waals surface area (Å²) in [7, 11) is 1.96. The van der Waals surface area contributed by atoms with E-state index in [9.17, 15) is 46.6 Å². The number of ketones is 2. The van der Waals surface area contributed by atoms with Crippen LogP contribution in [0.3, 0.4) is 0 Å². The molecule has 3 aliphatic heterocycles. The minimum atomic E-state index is -5.03. The Morgan fingerprint density at radius 1 is 0.747 bits per heavy atom. The first-order chi connectivity index (χ1) is 43.4. The van der Waals surface area contributed by atoms with E-state index < -0.39 is 58.3 Å². The van der Waals surface area contributed by atoms with Crippen molar-refractivity contribution in [3.63, 3.8) is 0 Å². The zero-order valence-corrected chi connectivity index (χ0v) is 53.4. The van der Waals surface area contributed by atoms with E-state index in [0.717, 1.165) is 33.8 Å². The summed E-state index contributed by atoms with van der Waals surface area (Å²) < 4.78 is 99.9. The van der Waals surface area contributed by atoms with Gasteiger partial charge in [-0.1, -0.05) is 45.0 Å². The van der Waals surface area contributed by atoms with Crippen molar-refractivity contribution in [3.05, 3.63) is 107 Å². The molecule has 0 radical (unpaired) electrons. The molecule has 0 saturated carbocycles. The number of aliphatic hydroxyl groups is 1. The summed E-state index contributed by atoms with van der Waals surface area (Å²) >= 11 is 1.58. The van der Waals surface area contributed by atoms with E-state index in [1.54, 1.807) is 16.2 Å². The van der Waals surface area contributed by atoms with Crippen molar-refractivity contribution in [3.8, 4) is 21.6 Å². The predicted molar refractivity (Wildman–Crippen MR) is 333 cm³/mol. The quantitative estimate of drug-likeness (QED) is 0.0341. The summed E-state index contributed by atoms with van der Waals surface area (Å²) in [5.41, 5.74) is 2.51. The number of ether oxygens (including phenoxy) is 5. The highest BCUT2D eigenvalue weighted by Gasteiger charge is 2.44. The third-order valence-corrected chi connectivity index (χ3v) is 17.7. The topological polar surface area (TPSA) is 219 Å². The number of benzene rings is 3. The van der Waals surface area contributed by atoms with Crippen LogP contribution >= 0.6 is 11.3 Å². The fourth-order valence-corrected chi connectivity index (χ4v) is 12.1. The summed E-state index contributed by atoms with van der Waals surface area (Å²) in [5.74, 6) is -4.30. The Labute approximate surface area is 531 Å². The number of likely N-dealkylation sites (N-methyl/N-ethyl adjacent to an activating group) is 1. The summed E-state index contributed by atoms with van der Waals surface area (Å²) in [6.07, 6.45) is -2.26. The van der Waals surface area contributed by atoms with Crippen LogP contribution in [0.2, 0.25) is 0 Å². The number of piperazine rings is 2. The number of nitrogens with zero attached hydrogens (tertiary/aromatic N) is 8. The van der Waals surface area contributed by atoms with Gasteiger partial charge in [0.05, 0.1) is 104 Å². The van der Waals surface area contributed by atoms with E-state index in [1.165, 1.54) is 29.4 Å². The number of thiazole rings is 1. The van der Waals surface area contributed by atoms with Gasteiger partial charge in [0.2, 0.25) is 17.8 Å². The molecule has 0 spiro atoms. The SMILES string of the molecule is Cc1ncsc1-c1ccc(CCC(=O)[C@@H]2C[C@@H](O)CN2C(=O)[C@@H](CC(=O)COCCOCCOCCOCCOCC(=O)N2CCN(c3ncc(-c4cc(NC(=O)c5ccc(F)cc5C(F)(F)F)c(N5C[C@@H](C)N(C)[C@@H](C)C5)cc4F)cn3)CC2)C(C)(C)C)cc1. The number of halogens is 5.